The van der Waals surface area contributed by atoms with Crippen molar-refractivity contribution in [3.8, 4) is 0 Å². The van der Waals surface area contributed by atoms with Crippen molar-refractivity contribution in [3.05, 3.63) is 29.8 Å². The Morgan fingerprint density at radius 3 is 2.83 bits per heavy atom. The Morgan fingerprint density at radius 1 is 1.33 bits per heavy atom. The number of thioether (sulfide) groups is 1. The van der Waals surface area contributed by atoms with Gasteiger partial charge in [0, 0.05) is 16.7 Å². The van der Waals surface area contributed by atoms with Crippen LogP contribution in [0.3, 0.4) is 0 Å². The number of nitrogens with one attached hydrogen (secondary N) is 1. The van der Waals surface area contributed by atoms with Gasteiger partial charge in [-0.2, -0.15) is 0 Å². The molecule has 1 aromatic carbocycles. The second-order valence-corrected chi connectivity index (χ2v) is 7.23. The van der Waals surface area contributed by atoms with E-state index < -0.39 is 0 Å². The zero-order chi connectivity index (χ0) is 12.4. The van der Waals surface area contributed by atoms with Gasteiger partial charge in [-0.05, 0) is 49.3 Å². The first kappa shape index (κ1) is 12.6. The second-order valence-electron chi connectivity index (χ2n) is 5.89. The van der Waals surface area contributed by atoms with Crippen molar-refractivity contribution >= 4 is 11.8 Å². The summed E-state index contributed by atoms with van der Waals surface area (Å²) < 4.78 is 0. The summed E-state index contributed by atoms with van der Waals surface area (Å²) in [5.41, 5.74) is 2.20. The Balaban J connectivity index is 1.61. The van der Waals surface area contributed by atoms with Gasteiger partial charge in [0.05, 0.1) is 0 Å². The molecule has 0 saturated heterocycles. The van der Waals surface area contributed by atoms with E-state index in [1.165, 1.54) is 43.5 Å². The molecule has 0 aromatic heterocycles. The van der Waals surface area contributed by atoms with Gasteiger partial charge in [0.25, 0.3) is 0 Å². The van der Waals surface area contributed by atoms with E-state index >= 15 is 0 Å². The maximum Gasteiger partial charge on any atom is 0.0141 e. The molecule has 0 spiro atoms. The van der Waals surface area contributed by atoms with Crippen molar-refractivity contribution in [1.82, 2.24) is 5.32 Å². The van der Waals surface area contributed by atoms with E-state index in [4.69, 9.17) is 0 Å². The largest absolute Gasteiger partial charge is 0.316 e. The SMILES string of the molecule is CCNCC1(CC2Cc3ccccc3S2)CCC1. The summed E-state index contributed by atoms with van der Waals surface area (Å²) in [6, 6.07) is 8.95. The average Bonchev–Trinajstić information content (AvgIpc) is 2.74. The number of rotatable bonds is 5. The molecule has 1 nitrogen and oxygen atoms in total. The van der Waals surface area contributed by atoms with Crippen molar-refractivity contribution < 1.29 is 0 Å². The summed E-state index contributed by atoms with van der Waals surface area (Å²) in [6.07, 6.45) is 7.00. The molecular weight excluding hydrogens is 238 g/mol. The normalized spacial score (nSPS) is 24.6. The van der Waals surface area contributed by atoms with Gasteiger partial charge in [0.2, 0.25) is 0 Å². The van der Waals surface area contributed by atoms with Crippen molar-refractivity contribution in [2.75, 3.05) is 13.1 Å². The molecule has 2 heteroatoms. The first-order valence-electron chi connectivity index (χ1n) is 7.27. The summed E-state index contributed by atoms with van der Waals surface area (Å²) in [6.45, 7) is 4.56. The maximum atomic E-state index is 3.58. The van der Waals surface area contributed by atoms with Crippen LogP contribution in [-0.2, 0) is 6.42 Å². The van der Waals surface area contributed by atoms with Crippen LogP contribution in [0.4, 0.5) is 0 Å². The molecule has 0 amide bonds. The highest BCUT2D eigenvalue weighted by molar-refractivity contribution is 8.00. The van der Waals surface area contributed by atoms with Crippen molar-refractivity contribution in [2.24, 2.45) is 5.41 Å². The molecule has 2 aliphatic rings. The Kier molecular flexibility index (Phi) is 3.67. The molecule has 0 radical (unpaired) electrons. The molecule has 1 heterocycles. The third-order valence-electron chi connectivity index (χ3n) is 4.54. The summed E-state index contributed by atoms with van der Waals surface area (Å²) in [5, 5.41) is 4.40. The topological polar surface area (TPSA) is 12.0 Å². The van der Waals surface area contributed by atoms with Gasteiger partial charge in [0.15, 0.2) is 0 Å². The highest BCUT2D eigenvalue weighted by Gasteiger charge is 2.39. The van der Waals surface area contributed by atoms with Crippen LogP contribution in [-0.4, -0.2) is 18.3 Å². The molecule has 1 unspecified atom stereocenters. The van der Waals surface area contributed by atoms with Crippen LogP contribution >= 0.6 is 11.8 Å². The summed E-state index contributed by atoms with van der Waals surface area (Å²) in [7, 11) is 0. The van der Waals surface area contributed by atoms with Crippen LogP contribution in [0, 0.1) is 5.41 Å². The van der Waals surface area contributed by atoms with Gasteiger partial charge < -0.3 is 5.32 Å². The van der Waals surface area contributed by atoms with E-state index in [0.29, 0.717) is 5.41 Å². The smallest absolute Gasteiger partial charge is 0.0141 e. The molecule has 0 bridgehead atoms. The lowest BCUT2D eigenvalue weighted by Crippen LogP contribution is -2.41. The molecule has 1 aliphatic carbocycles. The third kappa shape index (κ3) is 2.46. The Hall–Kier alpha value is -0.470. The molecule has 1 fully saturated rings. The van der Waals surface area contributed by atoms with Crippen LogP contribution in [0.2, 0.25) is 0 Å². The number of hydrogen-bond acceptors (Lipinski definition) is 2. The lowest BCUT2D eigenvalue weighted by Gasteiger charge is -2.43. The van der Waals surface area contributed by atoms with E-state index in [9.17, 15) is 0 Å². The van der Waals surface area contributed by atoms with Gasteiger partial charge in [-0.25, -0.2) is 0 Å². The summed E-state index contributed by atoms with van der Waals surface area (Å²) in [4.78, 5) is 1.53. The number of fused-ring (bicyclic) bond motifs is 1. The van der Waals surface area contributed by atoms with E-state index in [1.807, 2.05) is 0 Å². The van der Waals surface area contributed by atoms with Crippen molar-refractivity contribution in [2.45, 2.75) is 49.2 Å². The minimum Gasteiger partial charge on any atom is -0.316 e. The van der Waals surface area contributed by atoms with Crippen LogP contribution in [0.25, 0.3) is 0 Å². The Labute approximate surface area is 115 Å². The number of benzene rings is 1. The second kappa shape index (κ2) is 5.26. The first-order chi connectivity index (χ1) is 8.81. The highest BCUT2D eigenvalue weighted by Crippen LogP contribution is 2.49. The fraction of sp³-hybridized carbons (Fsp3) is 0.625. The molecule has 1 N–H and O–H groups in total. The highest BCUT2D eigenvalue weighted by atomic mass is 32.2. The lowest BCUT2D eigenvalue weighted by molar-refractivity contribution is 0.117. The standard InChI is InChI=1S/C16H23NS/c1-2-17-12-16(8-5-9-16)11-14-10-13-6-3-4-7-15(13)18-14/h3-4,6-7,14,17H,2,5,8-12H2,1H3. The number of hydrogen-bond donors (Lipinski definition) is 1. The Morgan fingerprint density at radius 2 is 2.17 bits per heavy atom. The molecule has 1 aliphatic heterocycles. The zero-order valence-corrected chi connectivity index (χ0v) is 12.1. The summed E-state index contributed by atoms with van der Waals surface area (Å²) in [5.74, 6) is 0. The van der Waals surface area contributed by atoms with E-state index in [-0.39, 0.29) is 0 Å². The molecule has 18 heavy (non-hydrogen) atoms. The monoisotopic (exact) mass is 261 g/mol. The predicted octanol–water partition coefficient (Wildman–Crippen LogP) is 3.87. The molecule has 1 atom stereocenters. The predicted molar refractivity (Wildman–Crippen MR) is 79.2 cm³/mol. The van der Waals surface area contributed by atoms with Gasteiger partial charge in [-0.15, -0.1) is 11.8 Å². The third-order valence-corrected chi connectivity index (χ3v) is 5.86. The average molecular weight is 261 g/mol. The maximum absolute atomic E-state index is 3.58. The van der Waals surface area contributed by atoms with E-state index in [1.54, 1.807) is 5.56 Å². The van der Waals surface area contributed by atoms with Crippen LogP contribution in [0.5, 0.6) is 0 Å². The van der Waals surface area contributed by atoms with Gasteiger partial charge in [-0.1, -0.05) is 31.5 Å². The fourth-order valence-electron chi connectivity index (χ4n) is 3.37. The summed E-state index contributed by atoms with van der Waals surface area (Å²) >= 11 is 2.12. The van der Waals surface area contributed by atoms with Crippen LogP contribution in [0.15, 0.2) is 29.2 Å². The van der Waals surface area contributed by atoms with Crippen molar-refractivity contribution in [3.63, 3.8) is 0 Å². The zero-order valence-electron chi connectivity index (χ0n) is 11.2. The van der Waals surface area contributed by atoms with Crippen LogP contribution < -0.4 is 5.32 Å². The van der Waals surface area contributed by atoms with Gasteiger partial charge in [0.1, 0.15) is 0 Å². The molecule has 3 rings (SSSR count). The van der Waals surface area contributed by atoms with Gasteiger partial charge in [-0.3, -0.25) is 0 Å². The van der Waals surface area contributed by atoms with E-state index in [0.717, 1.165) is 11.8 Å². The van der Waals surface area contributed by atoms with Crippen molar-refractivity contribution in [1.29, 1.82) is 0 Å². The molecular formula is C16H23NS. The molecule has 1 saturated carbocycles. The molecule has 98 valence electrons. The first-order valence-corrected chi connectivity index (χ1v) is 8.15. The minimum absolute atomic E-state index is 0.621. The van der Waals surface area contributed by atoms with E-state index in [2.05, 4.69) is 48.3 Å². The quantitative estimate of drug-likeness (QED) is 0.863. The molecule has 1 aromatic rings. The lowest BCUT2D eigenvalue weighted by atomic mass is 9.65. The van der Waals surface area contributed by atoms with Crippen LogP contribution in [0.1, 0.15) is 38.2 Å². The van der Waals surface area contributed by atoms with Gasteiger partial charge >= 0.3 is 0 Å². The fourth-order valence-corrected chi connectivity index (χ4v) is 4.89. The Bertz CT molecular complexity index is 386. The minimum atomic E-state index is 0.621.